The van der Waals surface area contributed by atoms with Crippen LogP contribution in [0, 0.1) is 5.82 Å². The Kier molecular flexibility index (Phi) is 6.43. The minimum atomic E-state index is -0.545. The highest BCUT2D eigenvalue weighted by Crippen LogP contribution is 2.33. The van der Waals surface area contributed by atoms with Gasteiger partial charge in [0.2, 0.25) is 5.91 Å². The fourth-order valence-corrected chi connectivity index (χ4v) is 4.26. The van der Waals surface area contributed by atoms with Gasteiger partial charge in [0.25, 0.3) is 0 Å². The lowest BCUT2D eigenvalue weighted by atomic mass is 10.1. The number of amides is 1. The van der Waals surface area contributed by atoms with E-state index in [0.717, 1.165) is 30.3 Å². The highest BCUT2D eigenvalue weighted by Gasteiger charge is 2.32. The molecule has 0 radical (unpaired) electrons. The zero-order chi connectivity index (χ0) is 22.8. The van der Waals surface area contributed by atoms with E-state index in [1.165, 1.54) is 12.4 Å². The lowest BCUT2D eigenvalue weighted by Gasteiger charge is -2.26. The predicted octanol–water partition coefficient (Wildman–Crippen LogP) is 4.23. The lowest BCUT2D eigenvalue weighted by molar-refractivity contribution is -0.133. The maximum atomic E-state index is 14.4. The van der Waals surface area contributed by atoms with Crippen molar-refractivity contribution in [1.82, 2.24) is 19.8 Å². The van der Waals surface area contributed by atoms with Crippen LogP contribution in [0.2, 0.25) is 5.02 Å². The van der Waals surface area contributed by atoms with Crippen LogP contribution >= 0.6 is 11.6 Å². The van der Waals surface area contributed by atoms with Gasteiger partial charge in [0.05, 0.1) is 29.4 Å². The molecule has 2 aromatic carbocycles. The number of rotatable bonds is 6. The molecule has 1 amide bonds. The fourth-order valence-electron chi connectivity index (χ4n) is 4.08. The molecule has 4 rings (SSSR count). The van der Waals surface area contributed by atoms with Crippen molar-refractivity contribution in [2.24, 2.45) is 0 Å². The number of hydrogen-bond acceptors (Lipinski definition) is 6. The normalized spacial score (nSPS) is 16.3. The molecule has 0 aliphatic carbocycles. The number of carbonyl (C=O) groups excluding carboxylic acids is 1. The van der Waals surface area contributed by atoms with Crippen LogP contribution in [0.15, 0.2) is 36.7 Å². The molecule has 0 unspecified atom stereocenters. The molecule has 1 aliphatic heterocycles. The molecule has 0 spiro atoms. The molecule has 9 heteroatoms. The number of aromatic nitrogens is 2. The van der Waals surface area contributed by atoms with Crippen LogP contribution in [-0.2, 0) is 11.3 Å². The number of halogens is 2. The standard InChI is InChI=1S/C23H25ClFN5O2/c1-29(2)23(31)19-8-5-9-30(19)12-14-10-15-18(11-20(14)32-3)26-13-27-22(15)28-17-7-4-6-16(24)21(17)25/h4,6-7,10-11,13,19H,5,8-9,12H2,1-3H3,(H,26,27,28)/t19-/m1/s1. The van der Waals surface area contributed by atoms with Crippen molar-refractivity contribution < 1.29 is 13.9 Å². The summed E-state index contributed by atoms with van der Waals surface area (Å²) in [4.78, 5) is 25.1. The number of nitrogens with one attached hydrogen (secondary N) is 1. The summed E-state index contributed by atoms with van der Waals surface area (Å²) in [6.07, 6.45) is 3.21. The molecule has 2 heterocycles. The number of likely N-dealkylation sites (N-methyl/N-ethyl adjacent to an activating group) is 1. The van der Waals surface area contributed by atoms with Gasteiger partial charge in [0.15, 0.2) is 5.82 Å². The topological polar surface area (TPSA) is 70.6 Å². The summed E-state index contributed by atoms with van der Waals surface area (Å²) in [6.45, 7) is 1.37. The van der Waals surface area contributed by atoms with E-state index in [-0.39, 0.29) is 22.7 Å². The van der Waals surface area contributed by atoms with E-state index in [1.54, 1.807) is 38.2 Å². The van der Waals surface area contributed by atoms with Gasteiger partial charge in [-0.05, 0) is 37.6 Å². The quantitative estimate of drug-likeness (QED) is 0.597. The third-order valence-corrected chi connectivity index (χ3v) is 6.00. The molecule has 1 aliphatic rings. The van der Waals surface area contributed by atoms with Crippen molar-refractivity contribution >= 4 is 39.9 Å². The second kappa shape index (κ2) is 9.26. The number of likely N-dealkylation sites (tertiary alicyclic amines) is 1. The van der Waals surface area contributed by atoms with Crippen LogP contribution in [0.1, 0.15) is 18.4 Å². The summed E-state index contributed by atoms with van der Waals surface area (Å²) < 4.78 is 20.1. The van der Waals surface area contributed by atoms with E-state index in [2.05, 4.69) is 20.2 Å². The first-order valence-corrected chi connectivity index (χ1v) is 10.7. The summed E-state index contributed by atoms with van der Waals surface area (Å²) in [6, 6.07) is 8.38. The average molecular weight is 458 g/mol. The third kappa shape index (κ3) is 4.33. The van der Waals surface area contributed by atoms with Gasteiger partial charge in [0.1, 0.15) is 17.9 Å². The first-order valence-electron chi connectivity index (χ1n) is 10.4. The molecule has 7 nitrogen and oxygen atoms in total. The second-order valence-corrected chi connectivity index (χ2v) is 8.40. The van der Waals surface area contributed by atoms with E-state index in [9.17, 15) is 9.18 Å². The average Bonchev–Trinajstić information content (AvgIpc) is 3.24. The zero-order valence-electron chi connectivity index (χ0n) is 18.2. The molecule has 32 heavy (non-hydrogen) atoms. The highest BCUT2D eigenvalue weighted by molar-refractivity contribution is 6.31. The number of nitrogens with zero attached hydrogens (tertiary/aromatic N) is 4. The minimum Gasteiger partial charge on any atom is -0.496 e. The van der Waals surface area contributed by atoms with Crippen molar-refractivity contribution in [3.05, 3.63) is 53.1 Å². The van der Waals surface area contributed by atoms with Gasteiger partial charge in [-0.15, -0.1) is 0 Å². The third-order valence-electron chi connectivity index (χ3n) is 5.71. The summed E-state index contributed by atoms with van der Waals surface area (Å²) in [7, 11) is 5.16. The largest absolute Gasteiger partial charge is 0.496 e. The molecular weight excluding hydrogens is 433 g/mol. The summed E-state index contributed by atoms with van der Waals surface area (Å²) in [5.74, 6) is 0.697. The molecule has 168 valence electrons. The second-order valence-electron chi connectivity index (χ2n) is 7.99. The van der Waals surface area contributed by atoms with Crippen molar-refractivity contribution in [1.29, 1.82) is 0 Å². The molecule has 3 aromatic rings. The van der Waals surface area contributed by atoms with Gasteiger partial charge in [-0.25, -0.2) is 14.4 Å². The Morgan fingerprint density at radius 3 is 2.91 bits per heavy atom. The maximum Gasteiger partial charge on any atom is 0.239 e. The highest BCUT2D eigenvalue weighted by atomic mass is 35.5. The number of methoxy groups -OCH3 is 1. The Hall–Kier alpha value is -2.97. The Labute approximate surface area is 191 Å². The Balaban J connectivity index is 1.71. The number of fused-ring (bicyclic) bond motifs is 1. The lowest BCUT2D eigenvalue weighted by Crippen LogP contribution is -2.42. The van der Waals surface area contributed by atoms with Crippen molar-refractivity contribution in [3.63, 3.8) is 0 Å². The number of ether oxygens (including phenoxy) is 1. The van der Waals surface area contributed by atoms with Gasteiger partial charge in [0, 0.05) is 37.7 Å². The molecule has 1 saturated heterocycles. The molecular formula is C23H25ClFN5O2. The Morgan fingerprint density at radius 1 is 1.34 bits per heavy atom. The number of benzene rings is 2. The van der Waals surface area contributed by atoms with Crippen molar-refractivity contribution in [3.8, 4) is 5.75 Å². The van der Waals surface area contributed by atoms with Gasteiger partial charge >= 0.3 is 0 Å². The predicted molar refractivity (Wildman–Crippen MR) is 123 cm³/mol. The van der Waals surface area contributed by atoms with Gasteiger partial charge in [-0.2, -0.15) is 0 Å². The molecule has 1 aromatic heterocycles. The van der Waals surface area contributed by atoms with Crippen LogP contribution in [0.4, 0.5) is 15.9 Å². The van der Waals surface area contributed by atoms with Gasteiger partial charge in [-0.3, -0.25) is 9.69 Å². The van der Waals surface area contributed by atoms with E-state index < -0.39 is 5.82 Å². The van der Waals surface area contributed by atoms with Crippen molar-refractivity contribution in [2.45, 2.75) is 25.4 Å². The first-order chi connectivity index (χ1) is 15.4. The molecule has 1 atom stereocenters. The number of anilines is 2. The Bertz CT molecular complexity index is 1160. The minimum absolute atomic E-state index is 0.0290. The van der Waals surface area contributed by atoms with E-state index in [1.807, 2.05) is 12.1 Å². The maximum absolute atomic E-state index is 14.4. The smallest absolute Gasteiger partial charge is 0.239 e. The molecule has 0 saturated carbocycles. The van der Waals surface area contributed by atoms with Gasteiger partial charge < -0.3 is 15.0 Å². The molecule has 0 bridgehead atoms. The van der Waals surface area contributed by atoms with Crippen LogP contribution in [0.25, 0.3) is 10.9 Å². The number of carbonyl (C=O) groups is 1. The van der Waals surface area contributed by atoms with E-state index in [0.29, 0.717) is 23.6 Å². The van der Waals surface area contributed by atoms with Crippen LogP contribution in [0.5, 0.6) is 5.75 Å². The summed E-state index contributed by atoms with van der Waals surface area (Å²) in [5.41, 5.74) is 1.79. The van der Waals surface area contributed by atoms with Crippen LogP contribution < -0.4 is 10.1 Å². The summed E-state index contributed by atoms with van der Waals surface area (Å²) in [5, 5.41) is 3.78. The summed E-state index contributed by atoms with van der Waals surface area (Å²) >= 11 is 5.92. The van der Waals surface area contributed by atoms with E-state index in [4.69, 9.17) is 16.3 Å². The number of hydrogen-bond donors (Lipinski definition) is 1. The SMILES string of the molecule is COc1cc2ncnc(Nc3cccc(Cl)c3F)c2cc1CN1CCC[C@@H]1C(=O)N(C)C. The Morgan fingerprint density at radius 2 is 2.16 bits per heavy atom. The van der Waals surface area contributed by atoms with Gasteiger partial charge in [-0.1, -0.05) is 17.7 Å². The fraction of sp³-hybridized carbons (Fsp3) is 0.348. The van der Waals surface area contributed by atoms with E-state index >= 15 is 0 Å². The van der Waals surface area contributed by atoms with Crippen LogP contribution in [0.3, 0.4) is 0 Å². The zero-order valence-corrected chi connectivity index (χ0v) is 19.0. The first kappa shape index (κ1) is 22.2. The van der Waals surface area contributed by atoms with Crippen molar-refractivity contribution in [2.75, 3.05) is 33.1 Å². The molecule has 1 N–H and O–H groups in total. The van der Waals surface area contributed by atoms with Crippen LogP contribution in [-0.4, -0.2) is 59.5 Å². The monoisotopic (exact) mass is 457 g/mol. The molecule has 1 fully saturated rings.